The van der Waals surface area contributed by atoms with Crippen molar-refractivity contribution >= 4 is 35.3 Å². The molecule has 2 heterocycles. The third kappa shape index (κ3) is 6.64. The Hall–Kier alpha value is -2.91. The van der Waals surface area contributed by atoms with Gasteiger partial charge in [-0.05, 0) is 68.6 Å². The molecule has 0 radical (unpaired) electrons. The Morgan fingerprint density at radius 2 is 1.79 bits per heavy atom. The molecule has 1 saturated carbocycles. The number of thioether (sulfide) groups is 1. The van der Waals surface area contributed by atoms with Gasteiger partial charge in [0.25, 0.3) is 5.91 Å². The first-order valence-corrected chi connectivity index (χ1v) is 14.7. The van der Waals surface area contributed by atoms with Gasteiger partial charge in [0, 0.05) is 68.2 Å². The zero-order valence-electron chi connectivity index (χ0n) is 22.3. The fraction of sp³-hybridized carbons (Fsp3) is 0.467. The van der Waals surface area contributed by atoms with Crippen molar-refractivity contribution in [1.82, 2.24) is 15.1 Å². The molecular weight excluding hydrogens is 518 g/mol. The van der Waals surface area contributed by atoms with Gasteiger partial charge in [-0.25, -0.2) is 8.78 Å². The molecule has 0 bridgehead atoms. The Morgan fingerprint density at radius 3 is 2.54 bits per heavy atom. The summed E-state index contributed by atoms with van der Waals surface area (Å²) < 4.78 is 27.3. The lowest BCUT2D eigenvalue weighted by molar-refractivity contribution is -0.131. The van der Waals surface area contributed by atoms with E-state index in [1.807, 2.05) is 12.1 Å². The van der Waals surface area contributed by atoms with Crippen molar-refractivity contribution in [3.8, 4) is 0 Å². The average Bonchev–Trinajstić information content (AvgIpc) is 2.95. The van der Waals surface area contributed by atoms with Gasteiger partial charge in [-0.2, -0.15) is 0 Å². The van der Waals surface area contributed by atoms with Gasteiger partial charge in [-0.3, -0.25) is 14.5 Å². The van der Waals surface area contributed by atoms with Crippen LogP contribution >= 0.6 is 11.8 Å². The second kappa shape index (κ2) is 12.5. The van der Waals surface area contributed by atoms with E-state index in [2.05, 4.69) is 15.1 Å². The fourth-order valence-corrected chi connectivity index (χ4v) is 7.28. The fourth-order valence-electron chi connectivity index (χ4n) is 5.81. The van der Waals surface area contributed by atoms with E-state index in [1.165, 1.54) is 30.0 Å². The molecule has 2 aromatic carbocycles. The molecule has 2 amide bonds. The van der Waals surface area contributed by atoms with E-state index >= 15 is 0 Å². The summed E-state index contributed by atoms with van der Waals surface area (Å²) in [6, 6.07) is 13.1. The second-order valence-electron chi connectivity index (χ2n) is 10.6. The number of fused-ring (bicyclic) bond motifs is 1. The maximum atomic E-state index is 14.1. The predicted molar refractivity (Wildman–Crippen MR) is 152 cm³/mol. The summed E-state index contributed by atoms with van der Waals surface area (Å²) in [6.45, 7) is 5.28. The number of likely N-dealkylation sites (N-methyl/N-ethyl adjacent to an activating group) is 1. The van der Waals surface area contributed by atoms with Gasteiger partial charge in [0.2, 0.25) is 5.91 Å². The molecule has 9 heteroatoms. The lowest BCUT2D eigenvalue weighted by atomic mass is 9.83. The third-order valence-corrected chi connectivity index (χ3v) is 9.54. The highest BCUT2D eigenvalue weighted by molar-refractivity contribution is 8.04. The monoisotopic (exact) mass is 554 g/mol. The zero-order chi connectivity index (χ0) is 27.4. The number of hydrogen-bond donors (Lipinski definition) is 1. The SMILES string of the molecule is CN1C(=O)/C(=C/c2ccccc2F)SC2CCC(C(=O)NCCCN3CCN(c4ccc(F)cc4)CC3)CC21. The zero-order valence-corrected chi connectivity index (χ0v) is 23.1. The Bertz CT molecular complexity index is 1200. The Morgan fingerprint density at radius 1 is 1.05 bits per heavy atom. The minimum Gasteiger partial charge on any atom is -0.369 e. The van der Waals surface area contributed by atoms with E-state index in [-0.39, 0.29) is 40.7 Å². The molecule has 6 nitrogen and oxygen atoms in total. The summed E-state index contributed by atoms with van der Waals surface area (Å²) in [6.07, 6.45) is 4.83. The number of benzene rings is 2. The minimum atomic E-state index is -0.337. The molecular formula is C30H36F2N4O2S. The standard InChI is InChI=1S/C30H36F2N4O2S/c1-34-26-19-22(7-12-27(26)39-28(30(34)38)20-21-5-2-3-6-25(21)32)29(37)33-13-4-14-35-15-17-36(18-16-35)24-10-8-23(31)9-11-24/h2-3,5-6,8-11,20,22,26-27H,4,7,12-19H2,1H3,(H,33,37)/b28-20-. The largest absolute Gasteiger partial charge is 0.369 e. The molecule has 3 fully saturated rings. The van der Waals surface area contributed by atoms with Crippen LogP contribution in [-0.2, 0) is 9.59 Å². The van der Waals surface area contributed by atoms with E-state index in [0.29, 0.717) is 23.4 Å². The first-order chi connectivity index (χ1) is 18.9. The van der Waals surface area contributed by atoms with Gasteiger partial charge in [0.15, 0.2) is 0 Å². The van der Waals surface area contributed by atoms with Crippen molar-refractivity contribution in [2.45, 2.75) is 37.0 Å². The number of halogens is 2. The normalized spacial score (nSPS) is 25.1. The van der Waals surface area contributed by atoms with Crippen molar-refractivity contribution < 1.29 is 18.4 Å². The molecule has 2 aromatic rings. The molecule has 208 valence electrons. The van der Waals surface area contributed by atoms with Crippen LogP contribution < -0.4 is 10.2 Å². The van der Waals surface area contributed by atoms with E-state index in [9.17, 15) is 18.4 Å². The summed E-state index contributed by atoms with van der Waals surface area (Å²) in [4.78, 5) is 33.0. The Labute approximate surface area is 233 Å². The topological polar surface area (TPSA) is 55.9 Å². The Kier molecular flexibility index (Phi) is 8.87. The maximum absolute atomic E-state index is 14.1. The molecule has 1 aliphatic carbocycles. The summed E-state index contributed by atoms with van der Waals surface area (Å²) >= 11 is 1.53. The number of rotatable bonds is 7. The van der Waals surface area contributed by atoms with Gasteiger partial charge >= 0.3 is 0 Å². The number of carbonyl (C=O) groups is 2. The van der Waals surface area contributed by atoms with Gasteiger partial charge < -0.3 is 15.1 Å². The summed E-state index contributed by atoms with van der Waals surface area (Å²) in [7, 11) is 1.80. The predicted octanol–water partition coefficient (Wildman–Crippen LogP) is 4.38. The lowest BCUT2D eigenvalue weighted by Gasteiger charge is -2.44. The quantitative estimate of drug-likeness (QED) is 0.407. The number of nitrogens with zero attached hydrogens (tertiary/aromatic N) is 3. The molecule has 39 heavy (non-hydrogen) atoms. The number of hydrogen-bond acceptors (Lipinski definition) is 5. The number of piperazine rings is 1. The molecule has 5 rings (SSSR count). The molecule has 0 spiro atoms. The molecule has 3 unspecified atom stereocenters. The first kappa shape index (κ1) is 27.6. The van der Waals surface area contributed by atoms with Crippen molar-refractivity contribution in [3.63, 3.8) is 0 Å². The third-order valence-electron chi connectivity index (χ3n) is 8.14. The van der Waals surface area contributed by atoms with Crippen molar-refractivity contribution in [1.29, 1.82) is 0 Å². The number of nitrogens with one attached hydrogen (secondary N) is 1. The number of anilines is 1. The minimum absolute atomic E-state index is 0.00201. The summed E-state index contributed by atoms with van der Waals surface area (Å²) in [5, 5.41) is 3.34. The van der Waals surface area contributed by atoms with Crippen LogP contribution in [0.3, 0.4) is 0 Å². The van der Waals surface area contributed by atoms with Crippen LogP contribution in [0.2, 0.25) is 0 Å². The summed E-state index contributed by atoms with van der Waals surface area (Å²) in [5.41, 5.74) is 1.47. The van der Waals surface area contributed by atoms with Crippen molar-refractivity contribution in [3.05, 3.63) is 70.6 Å². The highest BCUT2D eigenvalue weighted by Crippen LogP contribution is 2.43. The smallest absolute Gasteiger partial charge is 0.260 e. The van der Waals surface area contributed by atoms with Crippen LogP contribution in [0.4, 0.5) is 14.5 Å². The Balaban J connectivity index is 1.04. The van der Waals surface area contributed by atoms with Crippen LogP contribution in [0, 0.1) is 17.6 Å². The van der Waals surface area contributed by atoms with Crippen LogP contribution in [0.25, 0.3) is 6.08 Å². The highest BCUT2D eigenvalue weighted by Gasteiger charge is 2.42. The van der Waals surface area contributed by atoms with Gasteiger partial charge in [-0.15, -0.1) is 11.8 Å². The molecule has 3 aliphatic rings. The first-order valence-electron chi connectivity index (χ1n) is 13.8. The highest BCUT2D eigenvalue weighted by atomic mass is 32.2. The molecule has 2 aliphatic heterocycles. The van der Waals surface area contributed by atoms with E-state index in [4.69, 9.17) is 0 Å². The van der Waals surface area contributed by atoms with E-state index in [1.54, 1.807) is 36.2 Å². The van der Waals surface area contributed by atoms with Crippen molar-refractivity contribution in [2.75, 3.05) is 51.2 Å². The molecule has 1 N–H and O–H groups in total. The van der Waals surface area contributed by atoms with Gasteiger partial charge in [0.05, 0.1) is 4.91 Å². The number of carbonyl (C=O) groups excluding carboxylic acids is 2. The van der Waals surface area contributed by atoms with Crippen molar-refractivity contribution in [2.24, 2.45) is 5.92 Å². The number of amides is 2. The molecule has 0 aromatic heterocycles. The van der Waals surface area contributed by atoms with Gasteiger partial charge in [-0.1, -0.05) is 18.2 Å². The lowest BCUT2D eigenvalue weighted by Crippen LogP contribution is -2.52. The summed E-state index contributed by atoms with van der Waals surface area (Å²) in [5.74, 6) is -0.680. The van der Waals surface area contributed by atoms with Crippen LogP contribution in [0.1, 0.15) is 31.2 Å². The van der Waals surface area contributed by atoms with Crippen LogP contribution in [0.15, 0.2) is 53.4 Å². The van der Waals surface area contributed by atoms with E-state index < -0.39 is 0 Å². The molecule has 2 saturated heterocycles. The van der Waals surface area contributed by atoms with Gasteiger partial charge in [0.1, 0.15) is 11.6 Å². The van der Waals surface area contributed by atoms with Crippen LogP contribution in [-0.4, -0.2) is 79.2 Å². The maximum Gasteiger partial charge on any atom is 0.260 e. The van der Waals surface area contributed by atoms with Crippen LogP contribution in [0.5, 0.6) is 0 Å². The van der Waals surface area contributed by atoms with E-state index in [0.717, 1.165) is 57.7 Å². The average molecular weight is 555 g/mol. The second-order valence-corrected chi connectivity index (χ2v) is 11.9. The molecule has 3 atom stereocenters.